The first-order valence-corrected chi connectivity index (χ1v) is 11.5. The van der Waals surface area contributed by atoms with Crippen LogP contribution in [0, 0.1) is 12.7 Å². The molecule has 0 spiro atoms. The summed E-state index contributed by atoms with van der Waals surface area (Å²) in [6.45, 7) is 5.97. The lowest BCUT2D eigenvalue weighted by Gasteiger charge is -2.34. The quantitative estimate of drug-likeness (QED) is 0.496. The maximum atomic E-state index is 13.2. The summed E-state index contributed by atoms with van der Waals surface area (Å²) in [6, 6.07) is 14.3. The van der Waals surface area contributed by atoms with Gasteiger partial charge in [0.1, 0.15) is 18.2 Å². The molecule has 0 bridgehead atoms. The standard InChI is InChI=1S/C24H24ClFN2O2S/c1-17-2-6-21(7-3-17)30-15-18-12-23(31-16-18)24(29)28-10-8-27(9-11-28)14-19-4-5-20(26)13-22(19)25/h2-7,12-13,16H,8-11,14-15H2,1H3. The summed E-state index contributed by atoms with van der Waals surface area (Å²) in [5, 5.41) is 2.42. The van der Waals surface area contributed by atoms with E-state index in [1.807, 2.05) is 47.5 Å². The Bertz CT molecular complexity index is 1050. The zero-order valence-corrected chi connectivity index (χ0v) is 18.9. The number of carbonyl (C=O) groups is 1. The van der Waals surface area contributed by atoms with Gasteiger partial charge in [0.15, 0.2) is 0 Å². The van der Waals surface area contributed by atoms with Gasteiger partial charge >= 0.3 is 0 Å². The van der Waals surface area contributed by atoms with Crippen LogP contribution in [0.1, 0.15) is 26.4 Å². The molecule has 162 valence electrons. The molecule has 0 saturated carbocycles. The summed E-state index contributed by atoms with van der Waals surface area (Å²) in [5.41, 5.74) is 3.09. The van der Waals surface area contributed by atoms with Crippen LogP contribution < -0.4 is 4.74 Å². The lowest BCUT2D eigenvalue weighted by molar-refractivity contribution is 0.0633. The van der Waals surface area contributed by atoms with Crippen molar-refractivity contribution in [3.8, 4) is 5.75 Å². The second-order valence-electron chi connectivity index (χ2n) is 7.73. The number of hydrogen-bond acceptors (Lipinski definition) is 4. The van der Waals surface area contributed by atoms with Gasteiger partial charge in [-0.1, -0.05) is 35.4 Å². The zero-order valence-electron chi connectivity index (χ0n) is 17.3. The smallest absolute Gasteiger partial charge is 0.264 e. The second kappa shape index (κ2) is 9.81. The van der Waals surface area contributed by atoms with Crippen molar-refractivity contribution in [2.24, 2.45) is 0 Å². The molecule has 0 radical (unpaired) electrons. The predicted molar refractivity (Wildman–Crippen MR) is 122 cm³/mol. The summed E-state index contributed by atoms with van der Waals surface area (Å²) in [6.07, 6.45) is 0. The van der Waals surface area contributed by atoms with E-state index in [0.29, 0.717) is 31.3 Å². The average molecular weight is 459 g/mol. The van der Waals surface area contributed by atoms with Gasteiger partial charge in [-0.15, -0.1) is 11.3 Å². The summed E-state index contributed by atoms with van der Waals surface area (Å²) in [4.78, 5) is 17.8. The fourth-order valence-corrected chi connectivity index (χ4v) is 4.61. The van der Waals surface area contributed by atoms with Crippen molar-refractivity contribution in [3.05, 3.63) is 86.3 Å². The summed E-state index contributed by atoms with van der Waals surface area (Å²) >= 11 is 7.60. The van der Waals surface area contributed by atoms with Crippen LogP contribution in [0.4, 0.5) is 4.39 Å². The monoisotopic (exact) mass is 458 g/mol. The second-order valence-corrected chi connectivity index (χ2v) is 9.04. The number of halogens is 2. The van der Waals surface area contributed by atoms with Crippen LogP contribution in [-0.2, 0) is 13.2 Å². The Hall–Kier alpha value is -2.41. The predicted octanol–water partition coefficient (Wildman–Crippen LogP) is 5.39. The topological polar surface area (TPSA) is 32.8 Å². The van der Waals surface area contributed by atoms with Crippen LogP contribution >= 0.6 is 22.9 Å². The third-order valence-electron chi connectivity index (χ3n) is 5.36. The Morgan fingerprint density at radius 1 is 1.10 bits per heavy atom. The number of benzene rings is 2. The first kappa shape index (κ1) is 21.8. The summed E-state index contributed by atoms with van der Waals surface area (Å²) < 4.78 is 19.0. The van der Waals surface area contributed by atoms with Crippen molar-refractivity contribution in [2.45, 2.75) is 20.1 Å². The molecule has 0 unspecified atom stereocenters. The van der Waals surface area contributed by atoms with E-state index in [9.17, 15) is 9.18 Å². The van der Waals surface area contributed by atoms with Crippen LogP contribution in [0.5, 0.6) is 5.75 Å². The van der Waals surface area contributed by atoms with Gasteiger partial charge in [-0.05, 0) is 48.2 Å². The number of nitrogens with zero attached hydrogens (tertiary/aromatic N) is 2. The minimum atomic E-state index is -0.330. The number of amides is 1. The Balaban J connectivity index is 1.28. The van der Waals surface area contributed by atoms with E-state index in [4.69, 9.17) is 16.3 Å². The van der Waals surface area contributed by atoms with Gasteiger partial charge in [0, 0.05) is 43.3 Å². The Morgan fingerprint density at radius 2 is 1.84 bits per heavy atom. The van der Waals surface area contributed by atoms with Crippen molar-refractivity contribution < 1.29 is 13.9 Å². The van der Waals surface area contributed by atoms with Crippen molar-refractivity contribution in [2.75, 3.05) is 26.2 Å². The number of aryl methyl sites for hydroxylation is 1. The van der Waals surface area contributed by atoms with Crippen LogP contribution in [0.2, 0.25) is 5.02 Å². The minimum Gasteiger partial charge on any atom is -0.489 e. The van der Waals surface area contributed by atoms with Gasteiger partial charge in [-0.25, -0.2) is 4.39 Å². The normalized spacial score (nSPS) is 14.6. The highest BCUT2D eigenvalue weighted by molar-refractivity contribution is 7.12. The Labute approximate surface area is 190 Å². The van der Waals surface area contributed by atoms with E-state index in [1.54, 1.807) is 6.07 Å². The molecule has 3 aromatic rings. The number of ether oxygens (including phenoxy) is 1. The van der Waals surface area contributed by atoms with Gasteiger partial charge in [0.25, 0.3) is 5.91 Å². The summed E-state index contributed by atoms with van der Waals surface area (Å²) in [5.74, 6) is 0.553. The van der Waals surface area contributed by atoms with E-state index in [2.05, 4.69) is 4.90 Å². The molecule has 1 amide bonds. The van der Waals surface area contributed by atoms with Crippen molar-refractivity contribution >= 4 is 28.8 Å². The third-order valence-corrected chi connectivity index (χ3v) is 6.68. The van der Waals surface area contributed by atoms with Gasteiger partial charge in [-0.2, -0.15) is 0 Å². The molecule has 1 fully saturated rings. The number of piperazine rings is 1. The average Bonchev–Trinajstić information content (AvgIpc) is 3.24. The molecule has 7 heteroatoms. The molecule has 1 saturated heterocycles. The van der Waals surface area contributed by atoms with E-state index in [0.717, 1.165) is 34.8 Å². The van der Waals surface area contributed by atoms with E-state index in [-0.39, 0.29) is 11.7 Å². The molecule has 1 aliphatic rings. The van der Waals surface area contributed by atoms with E-state index >= 15 is 0 Å². The highest BCUT2D eigenvalue weighted by Crippen LogP contribution is 2.22. The maximum absolute atomic E-state index is 13.2. The first-order chi connectivity index (χ1) is 15.0. The Morgan fingerprint density at radius 3 is 2.55 bits per heavy atom. The van der Waals surface area contributed by atoms with Crippen molar-refractivity contribution in [1.29, 1.82) is 0 Å². The van der Waals surface area contributed by atoms with Gasteiger partial charge in [0.05, 0.1) is 4.88 Å². The van der Waals surface area contributed by atoms with Gasteiger partial charge in [-0.3, -0.25) is 9.69 Å². The third kappa shape index (κ3) is 5.64. The zero-order chi connectivity index (χ0) is 21.8. The molecule has 0 aliphatic carbocycles. The molecular formula is C24H24ClFN2O2S. The first-order valence-electron chi connectivity index (χ1n) is 10.2. The molecular weight excluding hydrogens is 435 g/mol. The minimum absolute atomic E-state index is 0.0612. The van der Waals surface area contributed by atoms with Crippen molar-refractivity contribution in [3.63, 3.8) is 0 Å². The molecule has 2 heterocycles. The van der Waals surface area contributed by atoms with E-state index in [1.165, 1.54) is 29.0 Å². The number of thiophene rings is 1. The molecule has 0 atom stereocenters. The van der Waals surface area contributed by atoms with E-state index < -0.39 is 0 Å². The van der Waals surface area contributed by atoms with Crippen LogP contribution in [-0.4, -0.2) is 41.9 Å². The number of hydrogen-bond donors (Lipinski definition) is 0. The Kier molecular flexibility index (Phi) is 6.90. The molecule has 1 aromatic heterocycles. The van der Waals surface area contributed by atoms with Crippen LogP contribution in [0.25, 0.3) is 0 Å². The molecule has 4 nitrogen and oxygen atoms in total. The lowest BCUT2D eigenvalue weighted by Crippen LogP contribution is -2.48. The molecule has 0 N–H and O–H groups in total. The van der Waals surface area contributed by atoms with Crippen LogP contribution in [0.15, 0.2) is 53.9 Å². The number of rotatable bonds is 6. The molecule has 2 aromatic carbocycles. The SMILES string of the molecule is Cc1ccc(OCc2csc(C(=O)N3CCN(Cc4ccc(F)cc4Cl)CC3)c2)cc1. The van der Waals surface area contributed by atoms with Gasteiger partial charge in [0.2, 0.25) is 0 Å². The molecule has 4 rings (SSSR count). The van der Waals surface area contributed by atoms with Gasteiger partial charge < -0.3 is 9.64 Å². The lowest BCUT2D eigenvalue weighted by atomic mass is 10.2. The fraction of sp³-hybridized carbons (Fsp3) is 0.292. The molecule has 1 aliphatic heterocycles. The molecule has 31 heavy (non-hydrogen) atoms. The summed E-state index contributed by atoms with van der Waals surface area (Å²) in [7, 11) is 0. The maximum Gasteiger partial charge on any atom is 0.264 e. The van der Waals surface area contributed by atoms with Crippen molar-refractivity contribution in [1.82, 2.24) is 9.80 Å². The largest absolute Gasteiger partial charge is 0.489 e. The highest BCUT2D eigenvalue weighted by Gasteiger charge is 2.23. The highest BCUT2D eigenvalue weighted by atomic mass is 35.5. The van der Waals surface area contributed by atoms with Crippen LogP contribution in [0.3, 0.4) is 0 Å². The fourth-order valence-electron chi connectivity index (χ4n) is 3.52. The number of carbonyl (C=O) groups excluding carboxylic acids is 1.